The molecular weight excluding hydrogens is 417 g/mol. The van der Waals surface area contributed by atoms with Gasteiger partial charge < -0.3 is 29.7 Å². The van der Waals surface area contributed by atoms with Crippen LogP contribution in [0.15, 0.2) is 24.3 Å². The molecule has 8 nitrogen and oxygen atoms in total. The molecule has 0 bridgehead atoms. The number of hydrogen-bond acceptors (Lipinski definition) is 5. The van der Waals surface area contributed by atoms with Gasteiger partial charge in [0.05, 0.1) is 18.8 Å². The Labute approximate surface area is 189 Å². The van der Waals surface area contributed by atoms with Crippen molar-refractivity contribution in [3.63, 3.8) is 0 Å². The molecule has 1 saturated heterocycles. The van der Waals surface area contributed by atoms with E-state index in [2.05, 4.69) is 5.32 Å². The van der Waals surface area contributed by atoms with E-state index in [1.165, 1.54) is 29.2 Å². The van der Waals surface area contributed by atoms with Crippen molar-refractivity contribution in [2.24, 2.45) is 11.8 Å². The third-order valence-electron chi connectivity index (χ3n) is 5.98. The number of benzene rings is 1. The quantitative estimate of drug-likeness (QED) is 0.568. The summed E-state index contributed by atoms with van der Waals surface area (Å²) in [6.07, 6.45) is 1.15. The molecule has 0 aromatic heterocycles. The number of rotatable bonds is 10. The summed E-state index contributed by atoms with van der Waals surface area (Å²) in [4.78, 5) is 28.9. The molecule has 2 N–H and O–H groups in total. The van der Waals surface area contributed by atoms with Crippen molar-refractivity contribution in [2.75, 3.05) is 52.4 Å². The van der Waals surface area contributed by atoms with Gasteiger partial charge in [0.1, 0.15) is 5.82 Å². The van der Waals surface area contributed by atoms with E-state index in [1.807, 2.05) is 6.92 Å². The molecule has 0 spiro atoms. The molecule has 0 radical (unpaired) electrons. The number of methoxy groups -OCH3 is 1. The largest absolute Gasteiger partial charge is 0.394 e. The summed E-state index contributed by atoms with van der Waals surface area (Å²) < 4.78 is 24.1. The highest BCUT2D eigenvalue weighted by molar-refractivity contribution is 5.89. The average molecular weight is 454 g/mol. The molecule has 2 rings (SSSR count). The third-order valence-corrected chi connectivity index (χ3v) is 5.98. The van der Waals surface area contributed by atoms with Gasteiger partial charge in [-0.05, 0) is 44.0 Å². The van der Waals surface area contributed by atoms with Crippen LogP contribution in [0.2, 0.25) is 0 Å². The van der Waals surface area contributed by atoms with Crippen molar-refractivity contribution < 1.29 is 28.6 Å². The summed E-state index contributed by atoms with van der Waals surface area (Å²) in [6, 6.07) is 4.67. The maximum atomic E-state index is 13.1. The highest BCUT2D eigenvalue weighted by atomic mass is 19.1. The number of ether oxygens (including phenoxy) is 2. The van der Waals surface area contributed by atoms with Crippen molar-refractivity contribution in [3.05, 3.63) is 30.1 Å². The van der Waals surface area contributed by atoms with E-state index < -0.39 is 12.1 Å². The number of anilines is 1. The van der Waals surface area contributed by atoms with Crippen LogP contribution >= 0.6 is 0 Å². The number of carbonyl (C=O) groups excluding carboxylic acids is 2. The fourth-order valence-electron chi connectivity index (χ4n) is 3.82. The Morgan fingerprint density at radius 2 is 1.84 bits per heavy atom. The minimum Gasteiger partial charge on any atom is -0.394 e. The molecule has 1 aromatic rings. The standard InChI is InChI=1S/C23H36FN3O5/c1-16(21(31-4)14-26(3)22(29)18-9-11-32-12-10-18)13-27(17(2)15-28)23(30)25-20-7-5-19(24)6-8-20/h5-8,16-18,21,28H,9-15H2,1-4H3,(H,25,30)/t16-,17+,21+/m0/s1. The summed E-state index contributed by atoms with van der Waals surface area (Å²) in [5, 5.41) is 12.4. The number of halogens is 1. The molecule has 9 heteroatoms. The molecule has 0 unspecified atom stereocenters. The van der Waals surface area contributed by atoms with Crippen molar-refractivity contribution >= 4 is 17.6 Å². The number of hydrogen-bond donors (Lipinski definition) is 2. The van der Waals surface area contributed by atoms with Crippen LogP contribution in [0, 0.1) is 17.7 Å². The van der Waals surface area contributed by atoms with Gasteiger partial charge in [-0.2, -0.15) is 0 Å². The van der Waals surface area contributed by atoms with Crippen molar-refractivity contribution in [1.82, 2.24) is 9.80 Å². The topological polar surface area (TPSA) is 91.3 Å². The first-order chi connectivity index (χ1) is 15.3. The molecule has 3 amide bonds. The van der Waals surface area contributed by atoms with Gasteiger partial charge in [0.25, 0.3) is 0 Å². The van der Waals surface area contributed by atoms with Crippen molar-refractivity contribution in [1.29, 1.82) is 0 Å². The summed E-state index contributed by atoms with van der Waals surface area (Å²) in [6.45, 7) is 5.41. The summed E-state index contributed by atoms with van der Waals surface area (Å²) in [5.74, 6) is -0.455. The molecule has 180 valence electrons. The smallest absolute Gasteiger partial charge is 0.322 e. The average Bonchev–Trinajstić information content (AvgIpc) is 2.81. The molecule has 3 atom stereocenters. The number of urea groups is 1. The van der Waals surface area contributed by atoms with Gasteiger partial charge in [-0.15, -0.1) is 0 Å². The van der Waals surface area contributed by atoms with Gasteiger partial charge in [-0.1, -0.05) is 6.92 Å². The predicted octanol–water partition coefficient (Wildman–Crippen LogP) is 2.58. The van der Waals surface area contributed by atoms with Gasteiger partial charge in [-0.3, -0.25) is 4.79 Å². The lowest BCUT2D eigenvalue weighted by atomic mass is 9.97. The van der Waals surface area contributed by atoms with Crippen LogP contribution in [0.1, 0.15) is 26.7 Å². The second kappa shape index (κ2) is 12.7. The highest BCUT2D eigenvalue weighted by Gasteiger charge is 2.30. The zero-order valence-electron chi connectivity index (χ0n) is 19.4. The van der Waals surface area contributed by atoms with Crippen molar-refractivity contribution in [2.45, 2.75) is 38.8 Å². The molecule has 1 aliphatic rings. The summed E-state index contributed by atoms with van der Waals surface area (Å²) in [5.41, 5.74) is 0.462. The lowest BCUT2D eigenvalue weighted by molar-refractivity contribution is -0.139. The SMILES string of the molecule is CO[C@H](CN(C)C(=O)C1CCOCC1)[C@@H](C)CN(C(=O)Nc1ccc(F)cc1)[C@H](C)CO. The van der Waals surface area contributed by atoms with E-state index in [0.29, 0.717) is 32.0 Å². The number of carbonyl (C=O) groups is 2. The number of aliphatic hydroxyl groups is 1. The minimum absolute atomic E-state index is 0.0334. The number of amides is 3. The molecule has 0 saturated carbocycles. The normalized spacial score (nSPS) is 17.3. The Morgan fingerprint density at radius 1 is 1.22 bits per heavy atom. The lowest BCUT2D eigenvalue weighted by Gasteiger charge is -2.35. The lowest BCUT2D eigenvalue weighted by Crippen LogP contribution is -2.49. The van der Waals surface area contributed by atoms with Gasteiger partial charge in [-0.25, -0.2) is 9.18 Å². The Kier molecular flexibility index (Phi) is 10.3. The van der Waals surface area contributed by atoms with E-state index in [-0.39, 0.29) is 36.3 Å². The van der Waals surface area contributed by atoms with E-state index in [4.69, 9.17) is 9.47 Å². The monoisotopic (exact) mass is 453 g/mol. The first-order valence-corrected chi connectivity index (χ1v) is 11.1. The second-order valence-electron chi connectivity index (χ2n) is 8.48. The third kappa shape index (κ3) is 7.43. The number of nitrogens with one attached hydrogen (secondary N) is 1. The summed E-state index contributed by atoms with van der Waals surface area (Å²) in [7, 11) is 3.36. The van der Waals surface area contributed by atoms with E-state index in [1.54, 1.807) is 26.0 Å². The van der Waals surface area contributed by atoms with Crippen molar-refractivity contribution in [3.8, 4) is 0 Å². The fourth-order valence-corrected chi connectivity index (χ4v) is 3.82. The van der Waals surface area contributed by atoms with Crippen LogP contribution in [0.25, 0.3) is 0 Å². The zero-order valence-corrected chi connectivity index (χ0v) is 19.4. The number of aliphatic hydroxyl groups excluding tert-OH is 1. The zero-order chi connectivity index (χ0) is 23.7. The van der Waals surface area contributed by atoms with Gasteiger partial charge in [0.2, 0.25) is 5.91 Å². The van der Waals surface area contributed by atoms with Gasteiger partial charge >= 0.3 is 6.03 Å². The highest BCUT2D eigenvalue weighted by Crippen LogP contribution is 2.19. The van der Waals surface area contributed by atoms with Crippen LogP contribution in [0.5, 0.6) is 0 Å². The van der Waals surface area contributed by atoms with Gasteiger partial charge in [0, 0.05) is 58.0 Å². The van der Waals surface area contributed by atoms with Crippen LogP contribution in [0.4, 0.5) is 14.9 Å². The van der Waals surface area contributed by atoms with E-state index in [9.17, 15) is 19.1 Å². The Balaban J connectivity index is 2.00. The molecule has 1 heterocycles. The Morgan fingerprint density at radius 3 is 2.41 bits per heavy atom. The van der Waals surface area contributed by atoms with E-state index >= 15 is 0 Å². The van der Waals surface area contributed by atoms with Gasteiger partial charge in [0.15, 0.2) is 0 Å². The first-order valence-electron chi connectivity index (χ1n) is 11.1. The molecule has 32 heavy (non-hydrogen) atoms. The number of likely N-dealkylation sites (N-methyl/N-ethyl adjacent to an activating group) is 1. The minimum atomic E-state index is -0.433. The van der Waals surface area contributed by atoms with Crippen LogP contribution in [-0.4, -0.2) is 86.1 Å². The van der Waals surface area contributed by atoms with E-state index in [0.717, 1.165) is 12.8 Å². The maximum absolute atomic E-state index is 13.1. The van der Waals surface area contributed by atoms with Crippen LogP contribution in [-0.2, 0) is 14.3 Å². The first kappa shape index (κ1) is 26.0. The Bertz CT molecular complexity index is 727. The maximum Gasteiger partial charge on any atom is 0.322 e. The number of nitrogens with zero attached hydrogens (tertiary/aromatic N) is 2. The molecule has 0 aliphatic carbocycles. The predicted molar refractivity (Wildman–Crippen MR) is 120 cm³/mol. The second-order valence-corrected chi connectivity index (χ2v) is 8.48. The van der Waals surface area contributed by atoms with Crippen LogP contribution < -0.4 is 5.32 Å². The van der Waals surface area contributed by atoms with Crippen LogP contribution in [0.3, 0.4) is 0 Å². The molecule has 1 fully saturated rings. The fraction of sp³-hybridized carbons (Fsp3) is 0.652. The molecule has 1 aliphatic heterocycles. The molecule has 1 aromatic carbocycles. The molecular formula is C23H36FN3O5. The summed E-state index contributed by atoms with van der Waals surface area (Å²) >= 11 is 0. The Hall–Kier alpha value is -2.23.